The van der Waals surface area contributed by atoms with E-state index in [2.05, 4.69) is 0 Å². The van der Waals surface area contributed by atoms with Gasteiger partial charge >= 0.3 is 0 Å². The third kappa shape index (κ3) is 3.53. The van der Waals surface area contributed by atoms with Gasteiger partial charge in [0, 0.05) is 40.6 Å². The molecule has 0 unspecified atom stereocenters. The molecule has 1 aromatic carbocycles. The van der Waals surface area contributed by atoms with Crippen molar-refractivity contribution in [2.75, 3.05) is 12.0 Å². The van der Waals surface area contributed by atoms with Crippen LogP contribution in [0.5, 0.6) is 0 Å². The van der Waals surface area contributed by atoms with Gasteiger partial charge in [-0.15, -0.1) is 0 Å². The molecule has 0 bridgehead atoms. The van der Waals surface area contributed by atoms with E-state index >= 15 is 0 Å². The van der Waals surface area contributed by atoms with Crippen LogP contribution in [0.1, 0.15) is 6.42 Å². The molecule has 110 valence electrons. The van der Waals surface area contributed by atoms with Gasteiger partial charge in [0.1, 0.15) is 14.7 Å². The van der Waals surface area contributed by atoms with Crippen LogP contribution < -0.4 is 0 Å². The second-order valence-corrected chi connectivity index (χ2v) is 9.42. The van der Waals surface area contributed by atoms with Gasteiger partial charge in [-0.2, -0.15) is 0 Å². The molecular weight excluding hydrogens is 322 g/mol. The summed E-state index contributed by atoms with van der Waals surface area (Å²) in [4.78, 5) is 0.0501. The van der Waals surface area contributed by atoms with Crippen molar-refractivity contribution in [3.05, 3.63) is 30.5 Å². The van der Waals surface area contributed by atoms with Gasteiger partial charge in [-0.1, -0.05) is 18.2 Å². The van der Waals surface area contributed by atoms with Crippen molar-refractivity contribution in [3.8, 4) is 0 Å². The SMILES string of the molecule is CS(=O)(=O)CCCn1cc(S(=O)(=O)Cl)c2ccccc21. The molecule has 8 heteroatoms. The van der Waals surface area contributed by atoms with E-state index in [0.717, 1.165) is 5.52 Å². The minimum Gasteiger partial charge on any atom is -0.346 e. The highest BCUT2D eigenvalue weighted by Crippen LogP contribution is 2.28. The van der Waals surface area contributed by atoms with Crippen molar-refractivity contribution >= 4 is 40.5 Å². The Morgan fingerprint density at radius 1 is 1.15 bits per heavy atom. The minimum absolute atomic E-state index is 0.0501. The molecule has 0 aliphatic carbocycles. The molecule has 0 amide bonds. The largest absolute Gasteiger partial charge is 0.346 e. The van der Waals surface area contributed by atoms with Crippen LogP contribution in [0.3, 0.4) is 0 Å². The first-order valence-electron chi connectivity index (χ1n) is 5.89. The smallest absolute Gasteiger partial charge is 0.263 e. The standard InChI is InChI=1S/C12H14ClNO4S2/c1-19(15,16)8-4-7-14-9-12(20(13,17)18)10-5-2-3-6-11(10)14/h2-3,5-6,9H,4,7-8H2,1H3. The van der Waals surface area contributed by atoms with Crippen molar-refractivity contribution in [3.63, 3.8) is 0 Å². The van der Waals surface area contributed by atoms with E-state index < -0.39 is 18.9 Å². The van der Waals surface area contributed by atoms with Crippen molar-refractivity contribution in [2.24, 2.45) is 0 Å². The van der Waals surface area contributed by atoms with Gasteiger partial charge in [0.05, 0.1) is 5.75 Å². The lowest BCUT2D eigenvalue weighted by molar-refractivity contribution is 0.592. The quantitative estimate of drug-likeness (QED) is 0.783. The zero-order valence-corrected chi connectivity index (χ0v) is 13.2. The molecule has 0 saturated heterocycles. The minimum atomic E-state index is -3.83. The highest BCUT2D eigenvalue weighted by atomic mass is 35.7. The Hall–Kier alpha value is -1.05. The van der Waals surface area contributed by atoms with Gasteiger partial charge in [0.2, 0.25) is 0 Å². The third-order valence-corrected chi connectivity index (χ3v) is 5.31. The van der Waals surface area contributed by atoms with E-state index in [1.165, 1.54) is 12.5 Å². The first kappa shape index (κ1) is 15.3. The summed E-state index contributed by atoms with van der Waals surface area (Å²) < 4.78 is 47.1. The van der Waals surface area contributed by atoms with Crippen LogP contribution in [0, 0.1) is 0 Å². The predicted molar refractivity (Wildman–Crippen MR) is 79.3 cm³/mol. The molecule has 1 heterocycles. The Kier molecular flexibility index (Phi) is 4.13. The topological polar surface area (TPSA) is 73.2 Å². The Bertz CT molecular complexity index is 837. The highest BCUT2D eigenvalue weighted by molar-refractivity contribution is 8.14. The van der Waals surface area contributed by atoms with E-state index in [0.29, 0.717) is 18.4 Å². The molecule has 1 aromatic heterocycles. The molecule has 0 aliphatic heterocycles. The third-order valence-electron chi connectivity index (χ3n) is 2.93. The Morgan fingerprint density at radius 2 is 1.80 bits per heavy atom. The predicted octanol–water partition coefficient (Wildman–Crippen LogP) is 2.00. The number of aromatic nitrogens is 1. The normalized spacial score (nSPS) is 12.9. The Balaban J connectivity index is 2.40. The molecule has 5 nitrogen and oxygen atoms in total. The molecule has 0 fully saturated rings. The number of para-hydroxylation sites is 1. The second kappa shape index (κ2) is 5.38. The maximum Gasteiger partial charge on any atom is 0.263 e. The van der Waals surface area contributed by atoms with Crippen LogP contribution >= 0.6 is 10.7 Å². The average Bonchev–Trinajstić information content (AvgIpc) is 2.67. The van der Waals surface area contributed by atoms with Crippen molar-refractivity contribution in [1.82, 2.24) is 4.57 Å². The summed E-state index contributed by atoms with van der Waals surface area (Å²) in [6.45, 7) is 0.417. The van der Waals surface area contributed by atoms with Crippen LogP contribution in [0.4, 0.5) is 0 Å². The van der Waals surface area contributed by atoms with E-state index in [9.17, 15) is 16.8 Å². The van der Waals surface area contributed by atoms with Gasteiger partial charge in [0.25, 0.3) is 9.05 Å². The number of hydrogen-bond donors (Lipinski definition) is 0. The fraction of sp³-hybridized carbons (Fsp3) is 0.333. The lowest BCUT2D eigenvalue weighted by atomic mass is 10.2. The molecule has 2 aromatic rings. The summed E-state index contributed by atoms with van der Waals surface area (Å²) in [5.74, 6) is 0.0580. The first-order chi connectivity index (χ1) is 9.18. The number of nitrogens with zero attached hydrogens (tertiary/aromatic N) is 1. The van der Waals surface area contributed by atoms with E-state index in [1.807, 2.05) is 0 Å². The second-order valence-electron chi connectivity index (χ2n) is 4.63. The molecule has 0 N–H and O–H groups in total. The Morgan fingerprint density at radius 3 is 2.40 bits per heavy atom. The molecule has 20 heavy (non-hydrogen) atoms. The molecule has 0 aliphatic rings. The molecule has 0 saturated carbocycles. The number of hydrogen-bond acceptors (Lipinski definition) is 4. The number of sulfone groups is 1. The lowest BCUT2D eigenvalue weighted by Gasteiger charge is -2.04. The monoisotopic (exact) mass is 335 g/mol. The fourth-order valence-electron chi connectivity index (χ4n) is 2.09. The number of rotatable bonds is 5. The van der Waals surface area contributed by atoms with Crippen LogP contribution in [-0.2, 0) is 25.4 Å². The van der Waals surface area contributed by atoms with Gasteiger partial charge in [-0.05, 0) is 12.5 Å². The average molecular weight is 336 g/mol. The number of benzene rings is 1. The maximum atomic E-state index is 11.5. The van der Waals surface area contributed by atoms with Crippen molar-refractivity contribution in [2.45, 2.75) is 17.9 Å². The summed E-state index contributed by atoms with van der Waals surface area (Å²) >= 11 is 0. The van der Waals surface area contributed by atoms with E-state index in [1.54, 1.807) is 28.8 Å². The van der Waals surface area contributed by atoms with Gasteiger partial charge in [-0.3, -0.25) is 0 Å². The van der Waals surface area contributed by atoms with Crippen LogP contribution in [0.2, 0.25) is 0 Å². The summed E-state index contributed by atoms with van der Waals surface area (Å²) in [6.07, 6.45) is 3.05. The maximum absolute atomic E-state index is 11.5. The summed E-state index contributed by atoms with van der Waals surface area (Å²) in [5.41, 5.74) is 0.722. The number of halogens is 1. The molecule has 0 spiro atoms. The van der Waals surface area contributed by atoms with Gasteiger partial charge in [0.15, 0.2) is 0 Å². The molecular formula is C12H14ClNO4S2. The first-order valence-corrected chi connectivity index (χ1v) is 10.3. The zero-order valence-electron chi connectivity index (χ0n) is 10.8. The number of aryl methyl sites for hydroxylation is 1. The van der Waals surface area contributed by atoms with Crippen LogP contribution in [0.15, 0.2) is 35.4 Å². The van der Waals surface area contributed by atoms with Crippen LogP contribution in [-0.4, -0.2) is 33.4 Å². The summed E-state index contributed by atoms with van der Waals surface area (Å²) in [7, 11) is -1.44. The fourth-order valence-corrected chi connectivity index (χ4v) is 3.80. The van der Waals surface area contributed by atoms with E-state index in [-0.39, 0.29) is 10.6 Å². The van der Waals surface area contributed by atoms with E-state index in [4.69, 9.17) is 10.7 Å². The zero-order chi connectivity index (χ0) is 15.0. The highest BCUT2D eigenvalue weighted by Gasteiger charge is 2.18. The lowest BCUT2D eigenvalue weighted by Crippen LogP contribution is -2.06. The van der Waals surface area contributed by atoms with Gasteiger partial charge < -0.3 is 4.57 Å². The van der Waals surface area contributed by atoms with Crippen molar-refractivity contribution in [1.29, 1.82) is 0 Å². The number of fused-ring (bicyclic) bond motifs is 1. The molecule has 0 radical (unpaired) electrons. The summed E-state index contributed by atoms with van der Waals surface area (Å²) in [5, 5.41) is 0.543. The van der Waals surface area contributed by atoms with Gasteiger partial charge in [-0.25, -0.2) is 16.8 Å². The summed E-state index contributed by atoms with van der Waals surface area (Å²) in [6, 6.07) is 6.98. The molecule has 2 rings (SSSR count). The molecule has 0 atom stereocenters. The van der Waals surface area contributed by atoms with Crippen molar-refractivity contribution < 1.29 is 16.8 Å². The Labute approximate surface area is 122 Å². The van der Waals surface area contributed by atoms with Crippen LogP contribution in [0.25, 0.3) is 10.9 Å².